The van der Waals surface area contributed by atoms with Crippen LogP contribution in [0.1, 0.15) is 0 Å². The van der Waals surface area contributed by atoms with Crippen LogP contribution in [0.15, 0.2) is 0 Å². The van der Waals surface area contributed by atoms with Gasteiger partial charge in [0.15, 0.2) is 0 Å². The van der Waals surface area contributed by atoms with E-state index >= 15 is 0 Å². The van der Waals surface area contributed by atoms with E-state index in [1.54, 1.807) is 18.8 Å². The van der Waals surface area contributed by atoms with Crippen LogP contribution in [0.25, 0.3) is 0 Å². The van der Waals surface area contributed by atoms with Gasteiger partial charge in [0.25, 0.3) is 0 Å². The molecule has 0 unspecified atom stereocenters. The zero-order valence-corrected chi connectivity index (χ0v) is 6.72. The van der Waals surface area contributed by atoms with Crippen molar-refractivity contribution in [2.24, 2.45) is 0 Å². The Labute approximate surface area is 61.5 Å². The summed E-state index contributed by atoms with van der Waals surface area (Å²) in [6.45, 7) is 0. The normalized spacial score (nSPS) is 0.875. The third-order valence-electron chi connectivity index (χ3n) is 0. The molecule has 0 rings (SSSR count). The summed E-state index contributed by atoms with van der Waals surface area (Å²) in [6.07, 6.45) is 0. The van der Waals surface area contributed by atoms with E-state index < -0.39 is 0 Å². The summed E-state index contributed by atoms with van der Waals surface area (Å²) in [4.78, 5) is 0. The molecular weight excluding hydrogens is 327 g/mol. The van der Waals surface area contributed by atoms with E-state index in [4.69, 9.17) is 0 Å². The zero-order chi connectivity index (χ0) is 2.00. The van der Waals surface area contributed by atoms with Crippen LogP contribution in [-0.2, 0) is 18.8 Å². The van der Waals surface area contributed by atoms with Gasteiger partial charge in [-0.05, 0) is 0 Å². The molecule has 0 aromatic carbocycles. The van der Waals surface area contributed by atoms with Crippen molar-refractivity contribution in [1.82, 2.24) is 0 Å². The summed E-state index contributed by atoms with van der Waals surface area (Å²) in [7, 11) is 4.61. The fourth-order valence-electron chi connectivity index (χ4n) is 0. The van der Waals surface area contributed by atoms with Gasteiger partial charge >= 0.3 is 28.2 Å². The zero-order valence-electron chi connectivity index (χ0n) is 3.69. The van der Waals surface area contributed by atoms with Crippen molar-refractivity contribution in [3.63, 3.8) is 0 Å². The van der Waals surface area contributed by atoms with Crippen LogP contribution in [0.3, 0.4) is 0 Å². The van der Waals surface area contributed by atoms with Crippen LogP contribution >= 0.6 is 9.42 Å². The van der Waals surface area contributed by atoms with Gasteiger partial charge in [0.05, 0.1) is 0 Å². The molecule has 6 nitrogen and oxygen atoms in total. The molecule has 0 aromatic heterocycles. The van der Waals surface area contributed by atoms with E-state index in [1.165, 1.54) is 0 Å². The van der Waals surface area contributed by atoms with Crippen LogP contribution < -0.4 is 0 Å². The summed E-state index contributed by atoms with van der Waals surface area (Å²) in [5.41, 5.74) is 0. The summed E-state index contributed by atoms with van der Waals surface area (Å²) in [5, 5.41) is 0. The molecule has 12 N–H and O–H groups in total. The van der Waals surface area contributed by atoms with Crippen molar-refractivity contribution in [1.29, 1.82) is 0 Å². The molecule has 0 aliphatic rings. The number of hydrogen-bond donors (Lipinski definition) is 0. The Hall–Kier alpha value is 0.738. The molecule has 65 valence electrons. The monoisotopic (exact) mass is 338 g/mol. The van der Waals surface area contributed by atoms with Crippen molar-refractivity contribution in [2.45, 2.75) is 0 Å². The van der Waals surface area contributed by atoms with Gasteiger partial charge in [-0.1, -0.05) is 0 Å². The summed E-state index contributed by atoms with van der Waals surface area (Å²) < 4.78 is 0. The molecule has 8 heavy (non-hydrogen) atoms. The molecule has 0 aliphatic heterocycles. The quantitative estimate of drug-likeness (QED) is 0.413. The summed E-state index contributed by atoms with van der Waals surface area (Å²) in [6, 6.07) is 0. The standard InChI is InChI=1S/ClH.6H2O.Pt/h1H;6*1H2;/q;;;;;;;+1/p-1. The molecule has 0 atom stereocenters. The Morgan fingerprint density at radius 3 is 0.500 bits per heavy atom. The molecule has 0 aliphatic carbocycles. The van der Waals surface area contributed by atoms with Crippen molar-refractivity contribution >= 4 is 9.42 Å². The Morgan fingerprint density at radius 2 is 0.500 bits per heavy atom. The van der Waals surface area contributed by atoms with Crippen LogP contribution in [0.2, 0.25) is 0 Å². The average Bonchev–Trinajstić information content (AvgIpc) is 1.00. The third-order valence-corrected chi connectivity index (χ3v) is 0. The minimum absolute atomic E-state index is 0. The van der Waals surface area contributed by atoms with Crippen LogP contribution in [0.4, 0.5) is 0 Å². The topological polar surface area (TPSA) is 189 Å². The van der Waals surface area contributed by atoms with Crippen molar-refractivity contribution < 1.29 is 51.6 Å². The Kier molecular flexibility index (Phi) is 14000. The third kappa shape index (κ3) is 407. The summed E-state index contributed by atoms with van der Waals surface area (Å²) in [5.74, 6) is 0. The predicted molar refractivity (Wildman–Crippen MR) is 27.5 cm³/mol. The molecule has 0 spiro atoms. The number of hydrogen-bond acceptors (Lipinski definition) is 0. The Morgan fingerprint density at radius 1 is 0.500 bits per heavy atom. The second-order valence-electron chi connectivity index (χ2n) is 0. The second-order valence-corrected chi connectivity index (χ2v) is 0. The van der Waals surface area contributed by atoms with Gasteiger partial charge < -0.3 is 32.9 Å². The fraction of sp³-hybridized carbons (Fsp3) is 0. The molecule has 0 saturated heterocycles. The van der Waals surface area contributed by atoms with Gasteiger partial charge in [-0.25, -0.2) is 0 Å². The first kappa shape index (κ1) is 173. The molecule has 8 heteroatoms. The van der Waals surface area contributed by atoms with Gasteiger partial charge in [-0.3, -0.25) is 0 Å². The first-order chi connectivity index (χ1) is 1.00. The van der Waals surface area contributed by atoms with Gasteiger partial charge in [-0.15, -0.1) is 0 Å². The Balaban J connectivity index is -0.000000000333. The molecule has 0 heterocycles. The molecule has 0 fully saturated rings. The van der Waals surface area contributed by atoms with Gasteiger partial charge in [0, 0.05) is 0 Å². The fourth-order valence-corrected chi connectivity index (χ4v) is 0. The number of rotatable bonds is 0. The first-order valence-electron chi connectivity index (χ1n) is 0.120. The van der Waals surface area contributed by atoms with Crippen LogP contribution in [0.5, 0.6) is 0 Å². The summed E-state index contributed by atoms with van der Waals surface area (Å²) >= 11 is 1.61. The van der Waals surface area contributed by atoms with E-state index in [-0.39, 0.29) is 32.9 Å². The minimum atomic E-state index is 0. The molecule has 0 bridgehead atoms. The average molecular weight is 339 g/mol. The number of halogens is 1. The van der Waals surface area contributed by atoms with E-state index in [0.717, 1.165) is 0 Å². The first-order valence-corrected chi connectivity index (χ1v) is 2.94. The molecule has 0 saturated carbocycles. The van der Waals surface area contributed by atoms with Gasteiger partial charge in [0.2, 0.25) is 0 Å². The van der Waals surface area contributed by atoms with Crippen molar-refractivity contribution in [3.05, 3.63) is 0 Å². The van der Waals surface area contributed by atoms with E-state index in [9.17, 15) is 0 Å². The van der Waals surface area contributed by atoms with E-state index in [1.807, 2.05) is 0 Å². The van der Waals surface area contributed by atoms with Crippen molar-refractivity contribution in [3.8, 4) is 0 Å². The van der Waals surface area contributed by atoms with Crippen LogP contribution in [0, 0.1) is 0 Å². The SMILES string of the molecule is O.O.O.O.O.O.[Cl][Pt]. The van der Waals surface area contributed by atoms with Crippen molar-refractivity contribution in [2.75, 3.05) is 0 Å². The predicted octanol–water partition coefficient (Wildman–Crippen LogP) is -4.26. The maximum absolute atomic E-state index is 4.61. The Bertz CT molecular complexity index is 8.49. The van der Waals surface area contributed by atoms with Gasteiger partial charge in [-0.2, -0.15) is 0 Å². The van der Waals surface area contributed by atoms with Gasteiger partial charge in [0.1, 0.15) is 0 Å². The van der Waals surface area contributed by atoms with E-state index in [0.29, 0.717) is 0 Å². The molecule has 0 radical (unpaired) electrons. The molecular formula is H12ClO6Pt. The van der Waals surface area contributed by atoms with E-state index in [2.05, 4.69) is 9.42 Å². The molecule has 0 amide bonds. The second kappa shape index (κ2) is 645. The maximum atomic E-state index is 4.61. The molecule has 0 aromatic rings. The van der Waals surface area contributed by atoms with Crippen LogP contribution in [-0.4, -0.2) is 32.9 Å².